The first-order chi connectivity index (χ1) is 9.60. The lowest BCUT2D eigenvalue weighted by Gasteiger charge is -2.52. The Morgan fingerprint density at radius 1 is 1.24 bits per heavy atom. The minimum absolute atomic E-state index is 0.129. The van der Waals surface area contributed by atoms with E-state index in [9.17, 15) is 0 Å². The lowest BCUT2D eigenvalue weighted by Crippen LogP contribution is -2.55. The van der Waals surface area contributed by atoms with Crippen LogP contribution in [0.25, 0.3) is 0 Å². The minimum Gasteiger partial charge on any atom is -0.497 e. The van der Waals surface area contributed by atoms with Gasteiger partial charge in [-0.05, 0) is 48.7 Å². The van der Waals surface area contributed by atoms with Gasteiger partial charge in [-0.2, -0.15) is 0 Å². The van der Waals surface area contributed by atoms with Crippen molar-refractivity contribution in [1.29, 1.82) is 0 Å². The molecule has 0 radical (unpaired) electrons. The first-order valence-electron chi connectivity index (χ1n) is 7.92. The SMILES string of the molecule is COc1cccc([C@@]2(C)CC[C@H]2O[Si](C)(C)C(C)(C)C)c1. The first-order valence-corrected chi connectivity index (χ1v) is 10.8. The Hall–Kier alpha value is -0.803. The van der Waals surface area contributed by atoms with Crippen molar-refractivity contribution in [1.82, 2.24) is 0 Å². The highest BCUT2D eigenvalue weighted by Gasteiger charge is 2.49. The molecule has 0 saturated heterocycles. The van der Waals surface area contributed by atoms with Crippen LogP contribution in [-0.2, 0) is 9.84 Å². The van der Waals surface area contributed by atoms with Crippen molar-refractivity contribution in [3.63, 3.8) is 0 Å². The highest BCUT2D eigenvalue weighted by Crippen LogP contribution is 2.49. The molecule has 0 N–H and O–H groups in total. The van der Waals surface area contributed by atoms with Gasteiger partial charge in [0.1, 0.15) is 5.75 Å². The molecule has 2 rings (SSSR count). The fourth-order valence-corrected chi connectivity index (χ4v) is 4.17. The third-order valence-electron chi connectivity index (χ3n) is 5.61. The second-order valence-corrected chi connectivity index (χ2v) is 12.8. The minimum atomic E-state index is -1.71. The van der Waals surface area contributed by atoms with Crippen molar-refractivity contribution in [3.05, 3.63) is 29.8 Å². The summed E-state index contributed by atoms with van der Waals surface area (Å²) in [5, 5.41) is 0.262. The van der Waals surface area contributed by atoms with Crippen molar-refractivity contribution in [2.45, 2.75) is 70.2 Å². The molecule has 2 atom stereocenters. The van der Waals surface area contributed by atoms with Gasteiger partial charge < -0.3 is 9.16 Å². The van der Waals surface area contributed by atoms with Crippen LogP contribution >= 0.6 is 0 Å². The number of hydrogen-bond acceptors (Lipinski definition) is 2. The van der Waals surface area contributed by atoms with E-state index in [4.69, 9.17) is 9.16 Å². The molecule has 3 heteroatoms. The monoisotopic (exact) mass is 306 g/mol. The third kappa shape index (κ3) is 3.04. The number of methoxy groups -OCH3 is 1. The van der Waals surface area contributed by atoms with Gasteiger partial charge in [0.05, 0.1) is 13.2 Å². The van der Waals surface area contributed by atoms with E-state index >= 15 is 0 Å². The Bertz CT molecular complexity index is 504. The summed E-state index contributed by atoms with van der Waals surface area (Å²) in [5.41, 5.74) is 1.47. The maximum atomic E-state index is 6.68. The summed E-state index contributed by atoms with van der Waals surface area (Å²) in [6.07, 6.45) is 2.70. The average Bonchev–Trinajstić information content (AvgIpc) is 2.41. The summed E-state index contributed by atoms with van der Waals surface area (Å²) < 4.78 is 12.1. The van der Waals surface area contributed by atoms with E-state index in [1.165, 1.54) is 18.4 Å². The molecular weight excluding hydrogens is 276 g/mol. The zero-order chi connectivity index (χ0) is 15.9. The number of hydrogen-bond donors (Lipinski definition) is 0. The summed E-state index contributed by atoms with van der Waals surface area (Å²) in [6.45, 7) is 13.9. The largest absolute Gasteiger partial charge is 0.497 e. The topological polar surface area (TPSA) is 18.5 Å². The van der Waals surface area contributed by atoms with E-state index in [2.05, 4.69) is 59.0 Å². The number of ether oxygens (including phenoxy) is 1. The van der Waals surface area contributed by atoms with Crippen molar-refractivity contribution < 1.29 is 9.16 Å². The fraction of sp³-hybridized carbons (Fsp3) is 0.667. The summed E-state index contributed by atoms with van der Waals surface area (Å²) in [6, 6.07) is 8.47. The van der Waals surface area contributed by atoms with Crippen molar-refractivity contribution in [3.8, 4) is 5.75 Å². The molecule has 0 bridgehead atoms. The Labute approximate surface area is 131 Å². The predicted molar refractivity (Wildman–Crippen MR) is 91.7 cm³/mol. The normalized spacial score (nSPS) is 26.3. The van der Waals surface area contributed by atoms with Crippen LogP contribution < -0.4 is 4.74 Å². The van der Waals surface area contributed by atoms with E-state index in [0.29, 0.717) is 6.10 Å². The van der Waals surface area contributed by atoms with Crippen molar-refractivity contribution >= 4 is 8.32 Å². The van der Waals surface area contributed by atoms with Gasteiger partial charge in [0.2, 0.25) is 0 Å². The average molecular weight is 307 g/mol. The molecule has 0 spiro atoms. The number of rotatable bonds is 4. The summed E-state index contributed by atoms with van der Waals surface area (Å²) in [5.74, 6) is 0.937. The quantitative estimate of drug-likeness (QED) is 0.717. The molecule has 0 heterocycles. The maximum absolute atomic E-state index is 6.68. The van der Waals surface area contributed by atoms with Crippen molar-refractivity contribution in [2.75, 3.05) is 7.11 Å². The summed E-state index contributed by atoms with van der Waals surface area (Å²) in [7, 11) is 0.0154. The Morgan fingerprint density at radius 3 is 2.38 bits per heavy atom. The van der Waals surface area contributed by atoms with E-state index in [1.807, 2.05) is 6.07 Å². The Morgan fingerprint density at radius 2 is 1.90 bits per heavy atom. The second kappa shape index (κ2) is 5.44. The fourth-order valence-electron chi connectivity index (χ4n) is 2.73. The van der Waals surface area contributed by atoms with Gasteiger partial charge in [-0.3, -0.25) is 0 Å². The smallest absolute Gasteiger partial charge is 0.192 e. The van der Waals surface area contributed by atoms with Crippen molar-refractivity contribution in [2.24, 2.45) is 0 Å². The maximum Gasteiger partial charge on any atom is 0.192 e. The molecule has 0 aromatic heterocycles. The van der Waals surface area contributed by atoms with Crippen LogP contribution in [0.15, 0.2) is 24.3 Å². The van der Waals surface area contributed by atoms with Gasteiger partial charge in [-0.15, -0.1) is 0 Å². The molecule has 0 amide bonds. The standard InChI is InChI=1S/C18H30O2Si/c1-17(2,3)21(6,7)20-16-11-12-18(16,4)14-9-8-10-15(13-14)19-5/h8-10,13,16H,11-12H2,1-7H3/t16-,18-/m1/s1. The predicted octanol–water partition coefficient (Wildman–Crippen LogP) is 5.14. The second-order valence-electron chi connectivity index (χ2n) is 8.05. The lowest BCUT2D eigenvalue weighted by atomic mass is 9.63. The number of benzene rings is 1. The molecule has 0 aliphatic heterocycles. The van der Waals surface area contributed by atoms with Crippen LogP contribution in [0.2, 0.25) is 18.1 Å². The van der Waals surface area contributed by atoms with Gasteiger partial charge >= 0.3 is 0 Å². The van der Waals surface area contributed by atoms with Gasteiger partial charge in [-0.1, -0.05) is 39.8 Å². The third-order valence-corrected chi connectivity index (χ3v) is 10.1. The van der Waals surface area contributed by atoms with E-state index in [-0.39, 0.29) is 10.5 Å². The van der Waals surface area contributed by atoms with Gasteiger partial charge in [0, 0.05) is 5.41 Å². The molecule has 1 fully saturated rings. The van der Waals surface area contributed by atoms with Crippen LogP contribution in [0.4, 0.5) is 0 Å². The molecule has 1 saturated carbocycles. The molecule has 1 aromatic rings. The molecule has 21 heavy (non-hydrogen) atoms. The molecule has 118 valence electrons. The van der Waals surface area contributed by atoms with Crippen LogP contribution in [-0.4, -0.2) is 21.5 Å². The highest BCUT2D eigenvalue weighted by atomic mass is 28.4. The first kappa shape index (κ1) is 16.6. The van der Waals surface area contributed by atoms with Crippen LogP contribution in [0.3, 0.4) is 0 Å². The molecule has 0 unspecified atom stereocenters. The lowest BCUT2D eigenvalue weighted by molar-refractivity contribution is 0.0144. The van der Waals surface area contributed by atoms with E-state index in [0.717, 1.165) is 5.75 Å². The van der Waals surface area contributed by atoms with Gasteiger partial charge in [0.15, 0.2) is 8.32 Å². The van der Waals surface area contributed by atoms with E-state index < -0.39 is 8.32 Å². The van der Waals surface area contributed by atoms with Gasteiger partial charge in [0.25, 0.3) is 0 Å². The molecule has 1 aromatic carbocycles. The summed E-state index contributed by atoms with van der Waals surface area (Å²) >= 11 is 0. The highest BCUT2D eigenvalue weighted by molar-refractivity contribution is 6.74. The molecule has 1 aliphatic carbocycles. The van der Waals surface area contributed by atoms with Crippen LogP contribution in [0, 0.1) is 0 Å². The molecular formula is C18H30O2Si. The van der Waals surface area contributed by atoms with Crippen LogP contribution in [0.5, 0.6) is 5.75 Å². The van der Waals surface area contributed by atoms with E-state index in [1.54, 1.807) is 7.11 Å². The Balaban J connectivity index is 2.20. The zero-order valence-corrected chi connectivity index (χ0v) is 15.6. The molecule has 1 aliphatic rings. The van der Waals surface area contributed by atoms with Gasteiger partial charge in [-0.25, -0.2) is 0 Å². The van der Waals surface area contributed by atoms with Crippen LogP contribution in [0.1, 0.15) is 46.1 Å². The summed E-state index contributed by atoms with van der Waals surface area (Å²) in [4.78, 5) is 0. The Kier molecular flexibility index (Phi) is 4.29. The zero-order valence-electron chi connectivity index (χ0n) is 14.6. The molecule has 2 nitrogen and oxygen atoms in total.